The number of hydrogen-bond acceptors (Lipinski definition) is 0. The molecule has 0 aliphatic heterocycles. The molecule has 0 aliphatic rings. The van der Waals surface area contributed by atoms with Gasteiger partial charge in [0.15, 0.2) is 17.4 Å². The van der Waals surface area contributed by atoms with Crippen LogP contribution in [0.1, 0.15) is 2.85 Å². The Morgan fingerprint density at radius 3 is 1.17 bits per heavy atom. The average Bonchev–Trinajstić information content (AvgIpc) is 0. The van der Waals surface area contributed by atoms with Gasteiger partial charge in [-0.15, -0.1) is 0 Å². The first-order valence-electron chi connectivity index (χ1n) is 0. The molecule has 0 nitrogen and oxygen atoms in total. The molecule has 2 radical (unpaired) electrons. The predicted octanol–water partition coefficient (Wildman–Crippen LogP) is -1.35. The van der Waals surface area contributed by atoms with Gasteiger partial charge in [-0.3, -0.25) is 0 Å². The van der Waals surface area contributed by atoms with Crippen LogP contribution in [0.15, 0.2) is 0 Å². The van der Waals surface area contributed by atoms with Crippen molar-refractivity contribution in [2.75, 3.05) is 0 Å². The molecule has 0 amide bonds. The standard InChI is InChI=1S/Al.Ce.Cu.Mg.Mn.Ni.5H/q;;;+2;;;;;;2*-1. The van der Waals surface area contributed by atoms with Crippen LogP contribution in [-0.2, 0) is 50.6 Å². The van der Waals surface area contributed by atoms with Crippen molar-refractivity contribution in [3.63, 3.8) is 0 Å². The zero-order valence-corrected chi connectivity index (χ0v) is 9.87. The van der Waals surface area contributed by atoms with E-state index in [1.807, 2.05) is 0 Å². The third kappa shape index (κ3) is 24.1. The summed E-state index contributed by atoms with van der Waals surface area (Å²) in [6, 6.07) is 0. The molecule has 0 rings (SSSR count). The minimum absolute atomic E-state index is 0. The Kier molecular flexibility index (Phi) is 285. The molecule has 0 atom stereocenters. The average molecular weight is 374 g/mol. The van der Waals surface area contributed by atoms with E-state index in [4.69, 9.17) is 0 Å². The molecule has 0 unspecified atom stereocenters. The van der Waals surface area contributed by atoms with Crippen molar-refractivity contribution < 1.29 is 95.2 Å². The fraction of sp³-hybridized carbons (Fsp3) is 0. The third-order valence-electron chi connectivity index (χ3n) is 0. The smallest absolute Gasteiger partial charge is 1.00 e. The van der Waals surface area contributed by atoms with Crippen LogP contribution >= 0.6 is 0 Å². The van der Waals surface area contributed by atoms with Crippen LogP contribution in [0.25, 0.3) is 0 Å². The summed E-state index contributed by atoms with van der Waals surface area (Å²) >= 11 is 0. The van der Waals surface area contributed by atoms with Gasteiger partial charge in [0.25, 0.3) is 0 Å². The van der Waals surface area contributed by atoms with E-state index in [0.29, 0.717) is 0 Å². The maximum absolute atomic E-state index is 0. The van der Waals surface area contributed by atoms with Crippen molar-refractivity contribution in [3.05, 3.63) is 0 Å². The van der Waals surface area contributed by atoms with Crippen LogP contribution < -0.4 is 0 Å². The molecule has 6 heteroatoms. The summed E-state index contributed by atoms with van der Waals surface area (Å²) in [6.07, 6.45) is 0. The monoisotopic (exact) mass is 372 g/mol. The van der Waals surface area contributed by atoms with Crippen LogP contribution in [0.4, 0.5) is 0 Å². The molecule has 6 heavy (non-hydrogen) atoms. The van der Waals surface area contributed by atoms with E-state index in [1.165, 1.54) is 0 Å². The Bertz CT molecular complexity index is 22.0. The van der Waals surface area contributed by atoms with E-state index in [9.17, 15) is 0 Å². The molecule has 0 aromatic carbocycles. The largest absolute Gasteiger partial charge is 2.00 e. The van der Waals surface area contributed by atoms with Gasteiger partial charge in [-0.25, -0.2) is 0 Å². The van der Waals surface area contributed by atoms with Gasteiger partial charge >= 0.3 is 23.1 Å². The van der Waals surface area contributed by atoms with E-state index in [-0.39, 0.29) is 136 Å². The maximum Gasteiger partial charge on any atom is 2.00 e. The van der Waals surface area contributed by atoms with Gasteiger partial charge < -0.3 is 2.85 Å². The summed E-state index contributed by atoms with van der Waals surface area (Å²) in [6.45, 7) is 0. The molecule has 0 spiro atoms. The Morgan fingerprint density at radius 2 is 1.17 bits per heavy atom. The molecular weight excluding hydrogens is 369 g/mol. The fourth-order valence-electron chi connectivity index (χ4n) is 0. The van der Waals surface area contributed by atoms with E-state index in [0.717, 1.165) is 0 Å². The first-order valence-corrected chi connectivity index (χ1v) is 0. The first kappa shape index (κ1) is 48.9. The van der Waals surface area contributed by atoms with Crippen molar-refractivity contribution in [2.45, 2.75) is 0 Å². The molecular formula is H5AlCeCuMgMnNi. The molecule has 0 bridgehead atoms. The Hall–Kier alpha value is 4.21. The first-order chi connectivity index (χ1) is 0. The molecule has 0 N–H and O–H groups in total. The van der Waals surface area contributed by atoms with Crippen molar-refractivity contribution >= 4 is 40.4 Å². The summed E-state index contributed by atoms with van der Waals surface area (Å²) in [4.78, 5) is 0. The second kappa shape index (κ2) is 35.0. The number of rotatable bonds is 0. The summed E-state index contributed by atoms with van der Waals surface area (Å²) in [5, 5.41) is 0. The minimum Gasteiger partial charge on any atom is -1.00 e. The number of hydrogen-bond donors (Lipinski definition) is 0. The predicted molar refractivity (Wildman–Crippen MR) is 17.9 cm³/mol. The van der Waals surface area contributed by atoms with E-state index in [2.05, 4.69) is 0 Å². The SMILES string of the molecule is [AlH3].[Ce].[Cu].[H-].[H-].[Mg+2].[Mn].[Ni]. The van der Waals surface area contributed by atoms with Crippen molar-refractivity contribution in [1.29, 1.82) is 0 Å². The Labute approximate surface area is 133 Å². The summed E-state index contributed by atoms with van der Waals surface area (Å²) in [7, 11) is 0. The van der Waals surface area contributed by atoms with Crippen molar-refractivity contribution in [3.8, 4) is 0 Å². The van der Waals surface area contributed by atoms with E-state index in [1.54, 1.807) is 0 Å². The van der Waals surface area contributed by atoms with Gasteiger partial charge in [-0.05, 0) is 0 Å². The quantitative estimate of drug-likeness (QED) is 0.461. The van der Waals surface area contributed by atoms with Crippen LogP contribution in [0.2, 0.25) is 0 Å². The van der Waals surface area contributed by atoms with E-state index >= 15 is 0 Å². The zero-order chi connectivity index (χ0) is 0. The van der Waals surface area contributed by atoms with Crippen LogP contribution in [-0.4, -0.2) is 40.4 Å². The summed E-state index contributed by atoms with van der Waals surface area (Å²) < 4.78 is 0. The van der Waals surface area contributed by atoms with Crippen LogP contribution in [0, 0.1) is 41.7 Å². The normalized spacial score (nSPS) is 0. The van der Waals surface area contributed by atoms with Crippen molar-refractivity contribution in [2.24, 2.45) is 0 Å². The molecule has 0 aromatic heterocycles. The van der Waals surface area contributed by atoms with Gasteiger partial charge in [0.1, 0.15) is 0 Å². The van der Waals surface area contributed by atoms with Crippen molar-refractivity contribution in [1.82, 2.24) is 0 Å². The van der Waals surface area contributed by atoms with Gasteiger partial charge in [0.05, 0.1) is 0 Å². The molecule has 0 aliphatic carbocycles. The van der Waals surface area contributed by atoms with Crippen LogP contribution in [0.5, 0.6) is 0 Å². The topological polar surface area (TPSA) is 0 Å². The van der Waals surface area contributed by atoms with Gasteiger partial charge in [0, 0.05) is 92.4 Å². The summed E-state index contributed by atoms with van der Waals surface area (Å²) in [5.41, 5.74) is 0. The van der Waals surface area contributed by atoms with Gasteiger partial charge in [0.2, 0.25) is 0 Å². The molecule has 42 valence electrons. The Morgan fingerprint density at radius 1 is 1.17 bits per heavy atom. The molecule has 0 heterocycles. The molecule has 0 aromatic rings. The fourth-order valence-corrected chi connectivity index (χ4v) is 0. The third-order valence-corrected chi connectivity index (χ3v) is 0. The van der Waals surface area contributed by atoms with Gasteiger partial charge in [-0.1, -0.05) is 0 Å². The second-order valence-corrected chi connectivity index (χ2v) is 0. The van der Waals surface area contributed by atoms with Gasteiger partial charge in [-0.2, -0.15) is 0 Å². The van der Waals surface area contributed by atoms with Crippen LogP contribution in [0.3, 0.4) is 0 Å². The maximum atomic E-state index is 0. The second-order valence-electron chi connectivity index (χ2n) is 0. The zero-order valence-electron chi connectivity index (χ0n) is 4.20. The molecule has 0 saturated carbocycles. The van der Waals surface area contributed by atoms with E-state index < -0.39 is 0 Å². The minimum atomic E-state index is 0. The summed E-state index contributed by atoms with van der Waals surface area (Å²) in [5.74, 6) is 0. The Balaban J connectivity index is 0. The molecule has 0 fully saturated rings. The molecule has 0 saturated heterocycles.